The third-order valence-electron chi connectivity index (χ3n) is 1.60. The first kappa shape index (κ1) is 14.1. The zero-order chi connectivity index (χ0) is 11.4. The first-order chi connectivity index (χ1) is 6.12. The molecule has 0 heterocycles. The normalized spacial score (nSPS) is 12.9. The molecule has 0 aliphatic carbocycles. The Bertz CT molecular complexity index is 290. The molecule has 14 heavy (non-hydrogen) atoms. The SMILES string of the molecule is C=C(Br)CNS(=O)(=O)CCC(C)(C)C. The Morgan fingerprint density at radius 3 is 2.29 bits per heavy atom. The van der Waals surface area contributed by atoms with E-state index in [9.17, 15) is 8.42 Å². The smallest absolute Gasteiger partial charge is 0.211 e. The second-order valence-corrected chi connectivity index (χ2v) is 7.52. The maximum atomic E-state index is 11.4. The van der Waals surface area contributed by atoms with E-state index in [2.05, 4.69) is 27.2 Å². The predicted molar refractivity (Wildman–Crippen MR) is 63.9 cm³/mol. The van der Waals surface area contributed by atoms with Crippen LogP contribution in [0.25, 0.3) is 0 Å². The highest BCUT2D eigenvalue weighted by atomic mass is 79.9. The van der Waals surface area contributed by atoms with E-state index in [1.54, 1.807) is 0 Å². The van der Waals surface area contributed by atoms with Gasteiger partial charge in [-0.25, -0.2) is 13.1 Å². The van der Waals surface area contributed by atoms with Crippen molar-refractivity contribution in [3.63, 3.8) is 0 Å². The zero-order valence-corrected chi connectivity index (χ0v) is 11.3. The molecule has 0 aliphatic heterocycles. The average molecular weight is 284 g/mol. The molecule has 0 fully saturated rings. The minimum absolute atomic E-state index is 0.0418. The Morgan fingerprint density at radius 1 is 1.43 bits per heavy atom. The lowest BCUT2D eigenvalue weighted by molar-refractivity contribution is 0.396. The van der Waals surface area contributed by atoms with E-state index in [0.717, 1.165) is 0 Å². The monoisotopic (exact) mass is 283 g/mol. The fourth-order valence-electron chi connectivity index (χ4n) is 0.701. The minimum Gasteiger partial charge on any atom is -0.212 e. The van der Waals surface area contributed by atoms with Gasteiger partial charge in [-0.05, 0) is 11.8 Å². The van der Waals surface area contributed by atoms with Crippen molar-refractivity contribution in [3.8, 4) is 0 Å². The number of hydrogen-bond acceptors (Lipinski definition) is 2. The van der Waals surface area contributed by atoms with Crippen LogP contribution in [-0.4, -0.2) is 20.7 Å². The maximum absolute atomic E-state index is 11.4. The molecule has 0 spiro atoms. The van der Waals surface area contributed by atoms with Gasteiger partial charge in [0.2, 0.25) is 10.0 Å². The van der Waals surface area contributed by atoms with Gasteiger partial charge in [0, 0.05) is 11.0 Å². The largest absolute Gasteiger partial charge is 0.212 e. The first-order valence-electron chi connectivity index (χ1n) is 4.43. The summed E-state index contributed by atoms with van der Waals surface area (Å²) < 4.78 is 25.9. The molecule has 0 aliphatic rings. The second kappa shape index (κ2) is 5.28. The van der Waals surface area contributed by atoms with Gasteiger partial charge in [0.15, 0.2) is 0 Å². The Morgan fingerprint density at radius 2 is 1.93 bits per heavy atom. The van der Waals surface area contributed by atoms with Crippen LogP contribution in [0.4, 0.5) is 0 Å². The standard InChI is InChI=1S/C9H18BrNO2S/c1-8(10)7-11-14(12,13)6-5-9(2,3)4/h11H,1,5-7H2,2-4H3. The van der Waals surface area contributed by atoms with Crippen LogP contribution in [0.15, 0.2) is 11.1 Å². The molecule has 3 nitrogen and oxygen atoms in total. The summed E-state index contributed by atoms with van der Waals surface area (Å²) >= 11 is 3.10. The van der Waals surface area contributed by atoms with Crippen LogP contribution in [-0.2, 0) is 10.0 Å². The number of halogens is 1. The number of hydrogen-bond donors (Lipinski definition) is 1. The van der Waals surface area contributed by atoms with Gasteiger partial charge in [-0.2, -0.15) is 0 Å². The summed E-state index contributed by atoms with van der Waals surface area (Å²) in [5.41, 5.74) is 0.0418. The van der Waals surface area contributed by atoms with Gasteiger partial charge in [0.25, 0.3) is 0 Å². The van der Waals surface area contributed by atoms with E-state index in [1.807, 2.05) is 20.8 Å². The summed E-state index contributed by atoms with van der Waals surface area (Å²) in [5, 5.41) is 0. The van der Waals surface area contributed by atoms with Crippen molar-refractivity contribution in [2.24, 2.45) is 5.41 Å². The molecule has 0 unspecified atom stereocenters. The van der Waals surface area contributed by atoms with Crippen molar-refractivity contribution >= 4 is 26.0 Å². The summed E-state index contributed by atoms with van der Waals surface area (Å²) in [7, 11) is -3.15. The quantitative estimate of drug-likeness (QED) is 0.841. The van der Waals surface area contributed by atoms with E-state index in [4.69, 9.17) is 0 Å². The van der Waals surface area contributed by atoms with Crippen molar-refractivity contribution in [2.75, 3.05) is 12.3 Å². The van der Waals surface area contributed by atoms with Gasteiger partial charge in [-0.3, -0.25) is 0 Å². The number of nitrogens with one attached hydrogen (secondary N) is 1. The molecule has 0 aromatic rings. The number of rotatable bonds is 5. The Balaban J connectivity index is 4.03. The topological polar surface area (TPSA) is 46.2 Å². The molecule has 0 saturated carbocycles. The van der Waals surface area contributed by atoms with Crippen molar-refractivity contribution in [3.05, 3.63) is 11.1 Å². The summed E-state index contributed by atoms with van der Waals surface area (Å²) in [6, 6.07) is 0. The summed E-state index contributed by atoms with van der Waals surface area (Å²) in [6.07, 6.45) is 0.650. The van der Waals surface area contributed by atoms with Crippen molar-refractivity contribution < 1.29 is 8.42 Å². The van der Waals surface area contributed by atoms with Crippen LogP contribution in [0, 0.1) is 5.41 Å². The molecule has 84 valence electrons. The highest BCUT2D eigenvalue weighted by molar-refractivity contribution is 9.11. The van der Waals surface area contributed by atoms with Crippen LogP contribution in [0.2, 0.25) is 0 Å². The molecule has 5 heteroatoms. The van der Waals surface area contributed by atoms with E-state index in [0.29, 0.717) is 10.9 Å². The fourth-order valence-corrected chi connectivity index (χ4v) is 2.45. The van der Waals surface area contributed by atoms with Gasteiger partial charge in [0.1, 0.15) is 0 Å². The number of sulfonamides is 1. The van der Waals surface area contributed by atoms with Gasteiger partial charge in [0.05, 0.1) is 5.75 Å². The average Bonchev–Trinajstić information content (AvgIpc) is 1.97. The molecule has 0 amide bonds. The lowest BCUT2D eigenvalue weighted by atomic mass is 9.94. The van der Waals surface area contributed by atoms with Crippen LogP contribution >= 0.6 is 15.9 Å². The molecule has 0 aromatic carbocycles. The molecule has 0 atom stereocenters. The van der Waals surface area contributed by atoms with E-state index < -0.39 is 10.0 Å². The highest BCUT2D eigenvalue weighted by Gasteiger charge is 2.16. The lowest BCUT2D eigenvalue weighted by Gasteiger charge is -2.17. The van der Waals surface area contributed by atoms with Crippen LogP contribution < -0.4 is 4.72 Å². The Kier molecular flexibility index (Phi) is 5.33. The van der Waals surface area contributed by atoms with E-state index in [-0.39, 0.29) is 17.7 Å². The van der Waals surface area contributed by atoms with Gasteiger partial charge < -0.3 is 0 Å². The molecule has 1 N–H and O–H groups in total. The summed E-state index contributed by atoms with van der Waals surface area (Å²) in [4.78, 5) is 0. The van der Waals surface area contributed by atoms with Gasteiger partial charge >= 0.3 is 0 Å². The lowest BCUT2D eigenvalue weighted by Crippen LogP contribution is -2.29. The second-order valence-electron chi connectivity index (χ2n) is 4.47. The predicted octanol–water partition coefficient (Wildman–Crippen LogP) is 2.25. The first-order valence-corrected chi connectivity index (χ1v) is 6.87. The zero-order valence-electron chi connectivity index (χ0n) is 8.93. The Hall–Kier alpha value is 0.130. The highest BCUT2D eigenvalue weighted by Crippen LogP contribution is 2.18. The van der Waals surface area contributed by atoms with Crippen molar-refractivity contribution in [1.29, 1.82) is 0 Å². The van der Waals surface area contributed by atoms with Crippen LogP contribution in [0.5, 0.6) is 0 Å². The van der Waals surface area contributed by atoms with Gasteiger partial charge in [-0.1, -0.05) is 43.3 Å². The molecule has 0 rings (SSSR count). The van der Waals surface area contributed by atoms with Crippen LogP contribution in [0.3, 0.4) is 0 Å². The van der Waals surface area contributed by atoms with Gasteiger partial charge in [-0.15, -0.1) is 0 Å². The molecular weight excluding hydrogens is 266 g/mol. The molecule has 0 bridgehead atoms. The molecule has 0 saturated heterocycles. The van der Waals surface area contributed by atoms with Crippen molar-refractivity contribution in [1.82, 2.24) is 4.72 Å². The molecule has 0 radical (unpaired) electrons. The third-order valence-corrected chi connectivity index (χ3v) is 3.21. The Labute approximate surface area is 95.1 Å². The minimum atomic E-state index is -3.15. The maximum Gasteiger partial charge on any atom is 0.211 e. The summed E-state index contributed by atoms with van der Waals surface area (Å²) in [5.74, 6) is 0.163. The van der Waals surface area contributed by atoms with Crippen molar-refractivity contribution in [2.45, 2.75) is 27.2 Å². The molecular formula is C9H18BrNO2S. The summed E-state index contributed by atoms with van der Waals surface area (Å²) in [6.45, 7) is 9.87. The van der Waals surface area contributed by atoms with E-state index >= 15 is 0 Å². The van der Waals surface area contributed by atoms with E-state index in [1.165, 1.54) is 0 Å². The third kappa shape index (κ3) is 8.72. The van der Waals surface area contributed by atoms with Crippen LogP contribution in [0.1, 0.15) is 27.2 Å². The molecule has 0 aromatic heterocycles. The fraction of sp³-hybridized carbons (Fsp3) is 0.778.